The molecule has 0 aromatic rings. The quantitative estimate of drug-likeness (QED) is 0.0261. The molecule has 432 valence electrons. The van der Waals surface area contributed by atoms with Gasteiger partial charge in [-0.2, -0.15) is 0 Å². The summed E-state index contributed by atoms with van der Waals surface area (Å²) in [6.45, 7) is 6.32. The summed E-state index contributed by atoms with van der Waals surface area (Å²) in [6.07, 6.45) is 92.4. The van der Waals surface area contributed by atoms with E-state index in [1.54, 1.807) is 0 Å². The number of hydrogen-bond donors (Lipinski definition) is 0. The van der Waals surface area contributed by atoms with Crippen LogP contribution in [0.1, 0.15) is 252 Å². The minimum Gasteiger partial charge on any atom is -0.462 e. The molecular formula is C71H112O6. The van der Waals surface area contributed by atoms with E-state index in [0.29, 0.717) is 12.8 Å². The van der Waals surface area contributed by atoms with Crippen molar-refractivity contribution >= 4 is 17.9 Å². The van der Waals surface area contributed by atoms with E-state index in [2.05, 4.69) is 179 Å². The lowest BCUT2D eigenvalue weighted by atomic mass is 10.1. The Kier molecular flexibility index (Phi) is 59.5. The van der Waals surface area contributed by atoms with Gasteiger partial charge in [-0.25, -0.2) is 0 Å². The molecule has 0 spiro atoms. The molecule has 0 aromatic heterocycles. The van der Waals surface area contributed by atoms with Crippen LogP contribution in [0.25, 0.3) is 0 Å². The molecule has 77 heavy (non-hydrogen) atoms. The molecule has 0 saturated heterocycles. The van der Waals surface area contributed by atoms with Crippen LogP contribution < -0.4 is 0 Å². The molecule has 6 nitrogen and oxygen atoms in total. The molecule has 0 radical (unpaired) electrons. The largest absolute Gasteiger partial charge is 0.462 e. The highest BCUT2D eigenvalue weighted by Gasteiger charge is 2.19. The van der Waals surface area contributed by atoms with E-state index < -0.39 is 6.10 Å². The van der Waals surface area contributed by atoms with Crippen LogP contribution in [-0.4, -0.2) is 37.2 Å². The Morgan fingerprint density at radius 2 is 0.519 bits per heavy atom. The zero-order valence-corrected chi connectivity index (χ0v) is 49.4. The average Bonchev–Trinajstić information content (AvgIpc) is 3.43. The zero-order valence-electron chi connectivity index (χ0n) is 49.4. The maximum atomic E-state index is 12.9. The smallest absolute Gasteiger partial charge is 0.306 e. The third-order valence-electron chi connectivity index (χ3n) is 12.5. The van der Waals surface area contributed by atoms with Crippen LogP contribution in [0, 0.1) is 0 Å². The molecule has 0 rings (SSSR count). The fourth-order valence-corrected chi connectivity index (χ4v) is 7.92. The molecule has 0 aromatic carbocycles. The number of esters is 3. The molecule has 1 atom stereocenters. The van der Waals surface area contributed by atoms with Crippen molar-refractivity contribution in [3.63, 3.8) is 0 Å². The zero-order chi connectivity index (χ0) is 55.7. The normalized spacial score (nSPS) is 13.2. The Hall–Kier alpha value is -4.97. The molecule has 0 amide bonds. The predicted octanol–water partition coefficient (Wildman–Crippen LogP) is 21.3. The highest BCUT2D eigenvalue weighted by Crippen LogP contribution is 2.13. The third-order valence-corrected chi connectivity index (χ3v) is 12.5. The van der Waals surface area contributed by atoms with Crippen LogP contribution in [0.5, 0.6) is 0 Å². The molecular weight excluding hydrogens is 949 g/mol. The van der Waals surface area contributed by atoms with E-state index in [0.717, 1.165) is 154 Å². The van der Waals surface area contributed by atoms with Crippen molar-refractivity contribution in [1.29, 1.82) is 0 Å². The first-order valence-electron chi connectivity index (χ1n) is 31.0. The van der Waals surface area contributed by atoms with Gasteiger partial charge in [0.1, 0.15) is 13.2 Å². The van der Waals surface area contributed by atoms with Gasteiger partial charge in [-0.3, -0.25) is 14.4 Å². The third kappa shape index (κ3) is 61.8. The Morgan fingerprint density at radius 1 is 0.273 bits per heavy atom. The molecule has 0 aliphatic carbocycles. The number of rotatable bonds is 54. The maximum absolute atomic E-state index is 12.9. The van der Waals surface area contributed by atoms with Crippen molar-refractivity contribution in [2.45, 2.75) is 258 Å². The molecule has 0 saturated carbocycles. The van der Waals surface area contributed by atoms with Crippen molar-refractivity contribution in [1.82, 2.24) is 0 Å². The fraction of sp³-hybridized carbons (Fsp3) is 0.592. The lowest BCUT2D eigenvalue weighted by Crippen LogP contribution is -2.30. The van der Waals surface area contributed by atoms with Crippen LogP contribution in [-0.2, 0) is 28.6 Å². The summed E-state index contributed by atoms with van der Waals surface area (Å²) >= 11 is 0. The monoisotopic (exact) mass is 1060 g/mol. The van der Waals surface area contributed by atoms with E-state index in [4.69, 9.17) is 14.2 Å². The fourth-order valence-electron chi connectivity index (χ4n) is 7.92. The number of hydrogen-bond acceptors (Lipinski definition) is 6. The standard InChI is InChI=1S/C71H112O6/c1-4-7-10-13-16-19-22-25-28-30-32-34-35-37-38-40-43-46-49-52-55-58-61-64-70(73)76-67-68(66-75-69(72)63-60-57-54-51-48-45-42-27-24-21-18-15-12-9-6-3)77-71(74)65-62-59-56-53-50-47-44-41-39-36-33-31-29-26-23-20-17-14-11-8-5-2/h7,9-10,12,16,18-19,21,23,25-28,31-34,37-39,41-43,46,52,55,68H,4-6,8,11,13-15,17,20,22,24,29-30,35-36,40,44-45,47-51,53-54,56-67H2,1-3H3/b10-7-,12-9-,19-16-,21-18-,26-23-,28-25-,33-31-,34-32-,38-37-,41-39-,42-27-,46-43-,55-52-. The summed E-state index contributed by atoms with van der Waals surface area (Å²) in [6, 6.07) is 0. The van der Waals surface area contributed by atoms with Crippen LogP contribution in [0.3, 0.4) is 0 Å². The van der Waals surface area contributed by atoms with Gasteiger partial charge in [0, 0.05) is 19.3 Å². The first-order valence-corrected chi connectivity index (χ1v) is 31.0. The second-order valence-corrected chi connectivity index (χ2v) is 19.8. The summed E-state index contributed by atoms with van der Waals surface area (Å²) in [5.41, 5.74) is 0. The van der Waals surface area contributed by atoms with Crippen molar-refractivity contribution in [2.24, 2.45) is 0 Å². The molecule has 0 aliphatic heterocycles. The Bertz CT molecular complexity index is 1740. The topological polar surface area (TPSA) is 78.9 Å². The Morgan fingerprint density at radius 3 is 0.844 bits per heavy atom. The SMILES string of the molecule is CC/C=C\C/C=C\C/C=C\C/C=C\C/C=C\C/C=C\C/C=C\CCCC(=O)OCC(COC(=O)CCCCCCC/C=C\C/C=C\C/C=C\CC)OC(=O)CCCCCCCC/C=C\C/C=C\C/C=C\CCCCCCC. The summed E-state index contributed by atoms with van der Waals surface area (Å²) in [5.74, 6) is -1.01. The van der Waals surface area contributed by atoms with E-state index in [1.807, 2.05) is 0 Å². The molecule has 1 unspecified atom stereocenters. The minimum atomic E-state index is -0.826. The van der Waals surface area contributed by atoms with Gasteiger partial charge in [0.15, 0.2) is 6.10 Å². The van der Waals surface area contributed by atoms with Crippen molar-refractivity contribution in [3.8, 4) is 0 Å². The van der Waals surface area contributed by atoms with Gasteiger partial charge >= 0.3 is 17.9 Å². The molecule has 6 heteroatoms. The number of carbonyl (C=O) groups is 3. The van der Waals surface area contributed by atoms with Gasteiger partial charge in [-0.05, 0) is 141 Å². The van der Waals surface area contributed by atoms with Gasteiger partial charge in [0.2, 0.25) is 0 Å². The second kappa shape index (κ2) is 63.6. The van der Waals surface area contributed by atoms with E-state index in [1.165, 1.54) is 51.4 Å². The van der Waals surface area contributed by atoms with Crippen molar-refractivity contribution in [3.05, 3.63) is 158 Å². The molecule has 0 fully saturated rings. The number of allylic oxidation sites excluding steroid dienone is 26. The van der Waals surface area contributed by atoms with Crippen LogP contribution in [0.4, 0.5) is 0 Å². The molecule has 0 aliphatic rings. The lowest BCUT2D eigenvalue weighted by Gasteiger charge is -2.18. The van der Waals surface area contributed by atoms with E-state index >= 15 is 0 Å². The lowest BCUT2D eigenvalue weighted by molar-refractivity contribution is -0.167. The minimum absolute atomic E-state index is 0.118. The van der Waals surface area contributed by atoms with Crippen LogP contribution in [0.2, 0.25) is 0 Å². The highest BCUT2D eigenvalue weighted by molar-refractivity contribution is 5.71. The summed E-state index contributed by atoms with van der Waals surface area (Å²) in [5, 5.41) is 0. The van der Waals surface area contributed by atoms with Gasteiger partial charge in [-0.1, -0.05) is 249 Å². The van der Waals surface area contributed by atoms with E-state index in [-0.39, 0.29) is 44.0 Å². The average molecular weight is 1060 g/mol. The first-order chi connectivity index (χ1) is 38.0. The van der Waals surface area contributed by atoms with Crippen molar-refractivity contribution < 1.29 is 28.6 Å². The first kappa shape index (κ1) is 72.0. The van der Waals surface area contributed by atoms with Gasteiger partial charge < -0.3 is 14.2 Å². The number of unbranched alkanes of at least 4 members (excludes halogenated alkanes) is 17. The van der Waals surface area contributed by atoms with Gasteiger partial charge in [0.05, 0.1) is 0 Å². The number of ether oxygens (including phenoxy) is 3. The van der Waals surface area contributed by atoms with Gasteiger partial charge in [0.25, 0.3) is 0 Å². The van der Waals surface area contributed by atoms with E-state index in [9.17, 15) is 14.4 Å². The molecule has 0 heterocycles. The Labute approximate surface area is 473 Å². The van der Waals surface area contributed by atoms with Crippen molar-refractivity contribution in [2.75, 3.05) is 13.2 Å². The summed E-state index contributed by atoms with van der Waals surface area (Å²) < 4.78 is 16.8. The highest BCUT2D eigenvalue weighted by atomic mass is 16.6. The molecule has 0 N–H and O–H groups in total. The van der Waals surface area contributed by atoms with Gasteiger partial charge in [-0.15, -0.1) is 0 Å². The number of carbonyl (C=O) groups excluding carboxylic acids is 3. The second-order valence-electron chi connectivity index (χ2n) is 19.8. The van der Waals surface area contributed by atoms with Crippen LogP contribution >= 0.6 is 0 Å². The predicted molar refractivity (Wildman–Crippen MR) is 334 cm³/mol. The molecule has 0 bridgehead atoms. The Balaban J connectivity index is 4.55. The summed E-state index contributed by atoms with van der Waals surface area (Å²) in [4.78, 5) is 38.3. The maximum Gasteiger partial charge on any atom is 0.306 e. The summed E-state index contributed by atoms with van der Waals surface area (Å²) in [7, 11) is 0. The van der Waals surface area contributed by atoms with Crippen LogP contribution in [0.15, 0.2) is 158 Å².